The molecule has 1 aromatic heterocycles. The number of nitrogens with one attached hydrogen (secondary N) is 3. The number of β-amino-alcohol motifs (C(OH)–C–C–N with tert-alkyl or cyclic N) is 1. The lowest BCUT2D eigenvalue weighted by molar-refractivity contribution is -0.147. The number of hydrogen-bond acceptors (Lipinski definition) is 9. The van der Waals surface area contributed by atoms with Gasteiger partial charge in [0.2, 0.25) is 17.7 Å². The molecule has 2 aliphatic rings. The Bertz CT molecular complexity index is 1360. The maximum absolute atomic E-state index is 13.8. The lowest BCUT2D eigenvalue weighted by Gasteiger charge is -2.37. The predicted octanol–water partition coefficient (Wildman–Crippen LogP) is 1.16. The van der Waals surface area contributed by atoms with E-state index in [0.717, 1.165) is 34.8 Å². The molecule has 2 fully saturated rings. The largest absolute Gasteiger partial charge is 0.465 e. The van der Waals surface area contributed by atoms with Crippen LogP contribution in [0.25, 0.3) is 10.4 Å². The number of rotatable bonds is 13. The number of thiazole rings is 1. The molecule has 0 unspecified atom stereocenters. The van der Waals surface area contributed by atoms with Gasteiger partial charge in [0.05, 0.1) is 34.1 Å². The van der Waals surface area contributed by atoms with E-state index in [-0.39, 0.29) is 37.2 Å². The number of aliphatic hydroxyl groups is 1. The van der Waals surface area contributed by atoms with Crippen LogP contribution in [0.15, 0.2) is 29.8 Å². The van der Waals surface area contributed by atoms with E-state index in [0.29, 0.717) is 39.1 Å². The van der Waals surface area contributed by atoms with E-state index in [9.17, 15) is 24.3 Å². The van der Waals surface area contributed by atoms with Gasteiger partial charge in [-0.15, -0.1) is 11.3 Å². The smallest absolute Gasteiger partial charge is 0.404 e. The van der Waals surface area contributed by atoms with Gasteiger partial charge in [-0.25, -0.2) is 9.78 Å². The molecule has 3 atom stereocenters. The molecule has 3 heterocycles. The Balaban J connectivity index is 1.24. The highest BCUT2D eigenvalue weighted by Crippen LogP contribution is 2.30. The van der Waals surface area contributed by atoms with Crippen molar-refractivity contribution in [3.05, 3.63) is 41.0 Å². The monoisotopic (exact) mass is 657 g/mol. The Morgan fingerprint density at radius 2 is 1.72 bits per heavy atom. The molecule has 2 saturated heterocycles. The maximum atomic E-state index is 13.8. The molecule has 2 aliphatic heterocycles. The second kappa shape index (κ2) is 15.8. The highest BCUT2D eigenvalue weighted by molar-refractivity contribution is 7.13. The van der Waals surface area contributed by atoms with Gasteiger partial charge < -0.3 is 31.1 Å². The van der Waals surface area contributed by atoms with Gasteiger partial charge in [0, 0.05) is 64.8 Å². The zero-order valence-corrected chi connectivity index (χ0v) is 27.9. The first-order valence-electron chi connectivity index (χ1n) is 15.8. The van der Waals surface area contributed by atoms with Crippen molar-refractivity contribution in [1.82, 2.24) is 35.6 Å². The van der Waals surface area contributed by atoms with Crippen LogP contribution in [0, 0.1) is 12.3 Å². The minimum atomic E-state index is -1.04. The van der Waals surface area contributed by atoms with E-state index in [1.807, 2.05) is 29.5 Å². The van der Waals surface area contributed by atoms with Crippen LogP contribution in [0.3, 0.4) is 0 Å². The van der Waals surface area contributed by atoms with Crippen molar-refractivity contribution < 1.29 is 29.4 Å². The zero-order chi connectivity index (χ0) is 33.4. The normalized spacial score (nSPS) is 19.9. The molecule has 13 nitrogen and oxygen atoms in total. The molecule has 4 amide bonds. The van der Waals surface area contributed by atoms with E-state index in [4.69, 9.17) is 5.11 Å². The quantitative estimate of drug-likeness (QED) is 0.212. The predicted molar refractivity (Wildman–Crippen MR) is 175 cm³/mol. The zero-order valence-electron chi connectivity index (χ0n) is 27.1. The highest BCUT2D eigenvalue weighted by Gasteiger charge is 2.46. The third-order valence-corrected chi connectivity index (χ3v) is 10.0. The molecule has 14 heteroatoms. The molecule has 0 radical (unpaired) electrons. The van der Waals surface area contributed by atoms with Crippen LogP contribution < -0.4 is 16.0 Å². The Kier molecular flexibility index (Phi) is 12.1. The van der Waals surface area contributed by atoms with Gasteiger partial charge in [-0.3, -0.25) is 24.2 Å². The lowest BCUT2D eigenvalue weighted by atomic mass is 9.83. The Hall–Kier alpha value is -3.59. The van der Waals surface area contributed by atoms with Crippen LogP contribution in [0.5, 0.6) is 0 Å². The van der Waals surface area contributed by atoms with Crippen LogP contribution in [0.2, 0.25) is 0 Å². The highest BCUT2D eigenvalue weighted by atomic mass is 32.1. The molecule has 0 aliphatic carbocycles. The number of aryl methyl sites for hydroxylation is 1. The molecule has 4 rings (SSSR count). The van der Waals surface area contributed by atoms with Crippen molar-refractivity contribution in [2.75, 3.05) is 58.9 Å². The van der Waals surface area contributed by atoms with Gasteiger partial charge >= 0.3 is 6.09 Å². The van der Waals surface area contributed by atoms with E-state index in [1.165, 1.54) is 4.90 Å². The molecule has 0 spiro atoms. The molecule has 0 bridgehead atoms. The number of nitrogens with zero attached hydrogens (tertiary/aromatic N) is 4. The molecular weight excluding hydrogens is 610 g/mol. The fraction of sp³-hybridized carbons (Fsp3) is 0.594. The minimum Gasteiger partial charge on any atom is -0.465 e. The number of likely N-dealkylation sites (tertiary alicyclic amines) is 1. The first-order chi connectivity index (χ1) is 21.8. The SMILES string of the molecule is Cc1ncsc1-c1ccc(CCNC(=O)[C@@H]2C[C@@H](O)CN2C(=O)C(C)(C)[C@H](C)NC(=O)CN2CCN(CCNC(=O)O)CC2)cc1. The summed E-state index contributed by atoms with van der Waals surface area (Å²) in [4.78, 5) is 61.6. The van der Waals surface area contributed by atoms with Crippen molar-refractivity contribution >= 4 is 35.2 Å². The van der Waals surface area contributed by atoms with Gasteiger partial charge in [0.1, 0.15) is 6.04 Å². The molecule has 46 heavy (non-hydrogen) atoms. The molecular formula is C32H47N7O6S. The van der Waals surface area contributed by atoms with Gasteiger partial charge in [-0.05, 0) is 45.2 Å². The van der Waals surface area contributed by atoms with E-state index in [1.54, 1.807) is 32.1 Å². The van der Waals surface area contributed by atoms with Crippen molar-refractivity contribution in [1.29, 1.82) is 0 Å². The van der Waals surface area contributed by atoms with Crippen LogP contribution in [-0.4, -0.2) is 131 Å². The summed E-state index contributed by atoms with van der Waals surface area (Å²) >= 11 is 1.60. The van der Waals surface area contributed by atoms with Crippen molar-refractivity contribution in [3.8, 4) is 10.4 Å². The Morgan fingerprint density at radius 3 is 2.35 bits per heavy atom. The molecule has 0 saturated carbocycles. The number of carboxylic acid groups (broad SMARTS) is 1. The second-order valence-corrected chi connectivity index (χ2v) is 13.6. The van der Waals surface area contributed by atoms with Crippen molar-refractivity contribution in [2.24, 2.45) is 5.41 Å². The van der Waals surface area contributed by atoms with Crippen molar-refractivity contribution in [3.63, 3.8) is 0 Å². The molecule has 252 valence electrons. The fourth-order valence-electron chi connectivity index (χ4n) is 5.85. The topological polar surface area (TPSA) is 167 Å². The third-order valence-electron chi connectivity index (χ3n) is 9.06. The van der Waals surface area contributed by atoms with Crippen LogP contribution in [0.4, 0.5) is 4.79 Å². The average Bonchev–Trinajstić information content (AvgIpc) is 3.62. The van der Waals surface area contributed by atoms with E-state index in [2.05, 4.69) is 38.0 Å². The number of amides is 4. The number of piperazine rings is 1. The maximum Gasteiger partial charge on any atom is 0.404 e. The van der Waals surface area contributed by atoms with Crippen molar-refractivity contribution in [2.45, 2.75) is 58.7 Å². The van der Waals surface area contributed by atoms with Crippen LogP contribution >= 0.6 is 11.3 Å². The van der Waals surface area contributed by atoms with Crippen LogP contribution in [0.1, 0.15) is 38.4 Å². The second-order valence-electron chi connectivity index (χ2n) is 12.7. The molecule has 2 aromatic rings. The summed E-state index contributed by atoms with van der Waals surface area (Å²) < 4.78 is 0. The molecule has 5 N–H and O–H groups in total. The summed E-state index contributed by atoms with van der Waals surface area (Å²) in [6.45, 7) is 11.7. The number of benzene rings is 1. The van der Waals surface area contributed by atoms with Gasteiger partial charge in [0.15, 0.2) is 0 Å². The number of carbonyl (C=O) groups excluding carboxylic acids is 3. The van der Waals surface area contributed by atoms with Crippen LogP contribution in [-0.2, 0) is 20.8 Å². The number of carbonyl (C=O) groups is 4. The summed E-state index contributed by atoms with van der Waals surface area (Å²) in [7, 11) is 0. The fourth-order valence-corrected chi connectivity index (χ4v) is 6.67. The first kappa shape index (κ1) is 35.3. The Morgan fingerprint density at radius 1 is 1.04 bits per heavy atom. The number of hydrogen-bond donors (Lipinski definition) is 5. The summed E-state index contributed by atoms with van der Waals surface area (Å²) in [6.07, 6.45) is -1.05. The standard InChI is InChI=1S/C32H47N7O6S/c1-21-28(46-20-35-21)24-7-5-23(6-8-24)9-10-33-29(42)26-17-25(40)18-39(26)30(43)32(3,4)22(2)36-27(41)19-38-15-13-37(14-16-38)12-11-34-31(44)45/h5-8,20,22,25-26,34,40H,9-19H2,1-4H3,(H,33,42)(H,36,41)(H,44,45)/t22-,25+,26-/m0/s1. The summed E-state index contributed by atoms with van der Waals surface area (Å²) in [6, 6.07) is 6.88. The summed E-state index contributed by atoms with van der Waals surface area (Å²) in [5.41, 5.74) is 3.99. The van der Waals surface area contributed by atoms with Gasteiger partial charge in [-0.2, -0.15) is 0 Å². The first-order valence-corrected chi connectivity index (χ1v) is 16.7. The van der Waals surface area contributed by atoms with Gasteiger partial charge in [0.25, 0.3) is 0 Å². The average molecular weight is 658 g/mol. The summed E-state index contributed by atoms with van der Waals surface area (Å²) in [5, 5.41) is 27.4. The number of aliphatic hydroxyl groups excluding tert-OH is 1. The molecule has 1 aromatic carbocycles. The lowest BCUT2D eigenvalue weighted by Crippen LogP contribution is -2.57. The summed E-state index contributed by atoms with van der Waals surface area (Å²) in [5.74, 6) is -0.790. The number of aromatic nitrogens is 1. The third kappa shape index (κ3) is 9.24. The van der Waals surface area contributed by atoms with E-state index < -0.39 is 29.7 Å². The van der Waals surface area contributed by atoms with E-state index >= 15 is 0 Å². The Labute approximate surface area is 274 Å². The van der Waals surface area contributed by atoms with Gasteiger partial charge in [-0.1, -0.05) is 24.3 Å². The minimum absolute atomic E-state index is 0.0612.